The Morgan fingerprint density at radius 2 is 2.12 bits per heavy atom. The summed E-state index contributed by atoms with van der Waals surface area (Å²) < 4.78 is 0. The number of carboxylic acids is 1. The molecule has 88 valence electrons. The zero-order valence-electron chi connectivity index (χ0n) is 9.71. The molecule has 0 bridgehead atoms. The number of pyridine rings is 1. The van der Waals surface area contributed by atoms with E-state index in [4.69, 9.17) is 5.11 Å². The van der Waals surface area contributed by atoms with Crippen molar-refractivity contribution in [1.82, 2.24) is 4.98 Å². The molecule has 0 saturated heterocycles. The van der Waals surface area contributed by atoms with Crippen LogP contribution in [-0.2, 0) is 10.4 Å². The van der Waals surface area contributed by atoms with Gasteiger partial charge in [0.2, 0.25) is 0 Å². The van der Waals surface area contributed by atoms with Gasteiger partial charge in [0.1, 0.15) is 5.60 Å². The number of aliphatic hydroxyl groups is 1. The van der Waals surface area contributed by atoms with Crippen LogP contribution < -0.4 is 0 Å². The second kappa shape index (κ2) is 4.61. The van der Waals surface area contributed by atoms with E-state index in [2.05, 4.69) is 4.98 Å². The van der Waals surface area contributed by atoms with E-state index in [9.17, 15) is 9.90 Å². The van der Waals surface area contributed by atoms with Crippen molar-refractivity contribution in [1.29, 1.82) is 0 Å². The predicted octanol–water partition coefficient (Wildman–Crippen LogP) is 1.65. The second-order valence-corrected chi connectivity index (χ2v) is 4.45. The number of aliphatic carboxylic acids is 1. The molecule has 1 aromatic rings. The number of hydrogen-bond acceptors (Lipinski definition) is 3. The fourth-order valence-corrected chi connectivity index (χ4v) is 2.02. The molecule has 2 N–H and O–H groups in total. The summed E-state index contributed by atoms with van der Waals surface area (Å²) in [5, 5.41) is 19.5. The van der Waals surface area contributed by atoms with E-state index in [1.807, 2.05) is 0 Å². The Kier molecular flexibility index (Phi) is 3.65. The van der Waals surface area contributed by atoms with Crippen LogP contribution in [0.3, 0.4) is 0 Å². The lowest BCUT2D eigenvalue weighted by Crippen LogP contribution is -2.40. The average Bonchev–Trinajstić information content (AvgIpc) is 2.17. The Morgan fingerprint density at radius 3 is 2.50 bits per heavy atom. The van der Waals surface area contributed by atoms with Gasteiger partial charge in [0.05, 0.1) is 5.92 Å². The van der Waals surface area contributed by atoms with Crippen LogP contribution in [0.2, 0.25) is 0 Å². The van der Waals surface area contributed by atoms with Gasteiger partial charge in [0, 0.05) is 18.0 Å². The van der Waals surface area contributed by atoms with Crippen LogP contribution in [0.15, 0.2) is 24.5 Å². The van der Waals surface area contributed by atoms with Crippen molar-refractivity contribution in [3.63, 3.8) is 0 Å². The van der Waals surface area contributed by atoms with E-state index in [1.54, 1.807) is 32.2 Å². The third-order valence-electron chi connectivity index (χ3n) is 2.78. The maximum Gasteiger partial charge on any atom is 0.310 e. The summed E-state index contributed by atoms with van der Waals surface area (Å²) in [6.07, 6.45) is 3.09. The van der Waals surface area contributed by atoms with Crippen LogP contribution in [0.1, 0.15) is 26.3 Å². The molecule has 1 aromatic heterocycles. The first kappa shape index (κ1) is 12.6. The summed E-state index contributed by atoms with van der Waals surface area (Å²) in [7, 11) is 0. The number of hydrogen-bond donors (Lipinski definition) is 2. The molecule has 4 heteroatoms. The maximum atomic E-state index is 11.2. The number of rotatable bonds is 4. The minimum atomic E-state index is -1.41. The lowest BCUT2D eigenvalue weighted by Gasteiger charge is -2.32. The van der Waals surface area contributed by atoms with Crippen molar-refractivity contribution in [3.8, 4) is 0 Å². The smallest absolute Gasteiger partial charge is 0.310 e. The van der Waals surface area contributed by atoms with Gasteiger partial charge in [-0.3, -0.25) is 9.78 Å². The van der Waals surface area contributed by atoms with Crippen molar-refractivity contribution in [2.45, 2.75) is 26.4 Å². The van der Waals surface area contributed by atoms with E-state index >= 15 is 0 Å². The van der Waals surface area contributed by atoms with Gasteiger partial charge in [-0.1, -0.05) is 19.9 Å². The minimum Gasteiger partial charge on any atom is -0.481 e. The molecule has 0 spiro atoms. The fraction of sp³-hybridized carbons (Fsp3) is 0.500. The lowest BCUT2D eigenvalue weighted by atomic mass is 9.77. The van der Waals surface area contributed by atoms with Gasteiger partial charge < -0.3 is 10.2 Å². The number of nitrogens with zero attached hydrogens (tertiary/aromatic N) is 1. The summed E-state index contributed by atoms with van der Waals surface area (Å²) in [4.78, 5) is 15.1. The van der Waals surface area contributed by atoms with Crippen LogP contribution in [0.4, 0.5) is 0 Å². The van der Waals surface area contributed by atoms with Gasteiger partial charge in [-0.2, -0.15) is 0 Å². The summed E-state index contributed by atoms with van der Waals surface area (Å²) in [6.45, 7) is 5.08. The number of aromatic nitrogens is 1. The van der Waals surface area contributed by atoms with Crippen molar-refractivity contribution in [2.75, 3.05) is 0 Å². The van der Waals surface area contributed by atoms with Crippen LogP contribution in [0, 0.1) is 11.8 Å². The van der Waals surface area contributed by atoms with E-state index in [-0.39, 0.29) is 5.92 Å². The fourth-order valence-electron chi connectivity index (χ4n) is 2.02. The molecule has 0 aliphatic heterocycles. The first-order valence-corrected chi connectivity index (χ1v) is 5.23. The molecule has 2 atom stereocenters. The summed E-state index contributed by atoms with van der Waals surface area (Å²) >= 11 is 0. The van der Waals surface area contributed by atoms with Crippen LogP contribution in [-0.4, -0.2) is 21.2 Å². The molecule has 0 fully saturated rings. The standard InChI is InChI=1S/C12H17NO3/c1-8(2)10(11(14)15)12(3,16)9-5-4-6-13-7-9/h4-8,10,16H,1-3H3,(H,14,15). The van der Waals surface area contributed by atoms with Gasteiger partial charge in [-0.05, 0) is 18.9 Å². The highest BCUT2D eigenvalue weighted by molar-refractivity contribution is 5.72. The molecule has 1 heterocycles. The molecule has 0 aliphatic carbocycles. The van der Waals surface area contributed by atoms with Gasteiger partial charge in [-0.15, -0.1) is 0 Å². The summed E-state index contributed by atoms with van der Waals surface area (Å²) in [6, 6.07) is 3.37. The van der Waals surface area contributed by atoms with Crippen LogP contribution >= 0.6 is 0 Å². The van der Waals surface area contributed by atoms with Gasteiger partial charge in [0.25, 0.3) is 0 Å². The van der Waals surface area contributed by atoms with Crippen LogP contribution in [0.5, 0.6) is 0 Å². The van der Waals surface area contributed by atoms with Crippen molar-refractivity contribution >= 4 is 5.97 Å². The molecule has 0 aliphatic rings. The zero-order valence-corrected chi connectivity index (χ0v) is 9.71. The second-order valence-electron chi connectivity index (χ2n) is 4.45. The van der Waals surface area contributed by atoms with E-state index in [0.29, 0.717) is 5.56 Å². The lowest BCUT2D eigenvalue weighted by molar-refractivity contribution is -0.155. The third kappa shape index (κ3) is 2.39. The zero-order chi connectivity index (χ0) is 12.3. The Morgan fingerprint density at radius 1 is 1.50 bits per heavy atom. The maximum absolute atomic E-state index is 11.2. The minimum absolute atomic E-state index is 0.160. The first-order valence-electron chi connectivity index (χ1n) is 5.23. The summed E-state index contributed by atoms with van der Waals surface area (Å²) in [5.74, 6) is -2.01. The third-order valence-corrected chi connectivity index (χ3v) is 2.78. The SMILES string of the molecule is CC(C)C(C(=O)O)C(C)(O)c1cccnc1. The molecule has 0 saturated carbocycles. The molecule has 2 unspecified atom stereocenters. The molecular weight excluding hydrogens is 206 g/mol. The quantitative estimate of drug-likeness (QED) is 0.814. The van der Waals surface area contributed by atoms with Crippen molar-refractivity contribution in [2.24, 2.45) is 11.8 Å². The Hall–Kier alpha value is -1.42. The highest BCUT2D eigenvalue weighted by Gasteiger charge is 2.41. The highest BCUT2D eigenvalue weighted by atomic mass is 16.4. The highest BCUT2D eigenvalue weighted by Crippen LogP contribution is 2.33. The largest absolute Gasteiger partial charge is 0.481 e. The van der Waals surface area contributed by atoms with Crippen molar-refractivity contribution < 1.29 is 15.0 Å². The number of carbonyl (C=O) groups is 1. The van der Waals surface area contributed by atoms with E-state index < -0.39 is 17.5 Å². The molecule has 0 radical (unpaired) electrons. The first-order chi connectivity index (χ1) is 7.37. The van der Waals surface area contributed by atoms with Crippen molar-refractivity contribution in [3.05, 3.63) is 30.1 Å². The molecule has 4 nitrogen and oxygen atoms in total. The molecular formula is C12H17NO3. The Labute approximate surface area is 95.0 Å². The van der Waals surface area contributed by atoms with Gasteiger partial charge in [0.15, 0.2) is 0 Å². The predicted molar refractivity (Wildman–Crippen MR) is 59.8 cm³/mol. The topological polar surface area (TPSA) is 70.4 Å². The van der Waals surface area contributed by atoms with E-state index in [0.717, 1.165) is 0 Å². The Bertz CT molecular complexity index is 360. The molecule has 16 heavy (non-hydrogen) atoms. The van der Waals surface area contributed by atoms with Gasteiger partial charge >= 0.3 is 5.97 Å². The Balaban J connectivity index is 3.13. The van der Waals surface area contributed by atoms with E-state index in [1.165, 1.54) is 13.1 Å². The average molecular weight is 223 g/mol. The number of carboxylic acid groups (broad SMARTS) is 1. The normalized spacial score (nSPS) is 16.8. The monoisotopic (exact) mass is 223 g/mol. The molecule has 1 rings (SSSR count). The van der Waals surface area contributed by atoms with Gasteiger partial charge in [-0.25, -0.2) is 0 Å². The molecule has 0 amide bonds. The molecule has 0 aromatic carbocycles. The van der Waals surface area contributed by atoms with Crippen LogP contribution in [0.25, 0.3) is 0 Å². The summed E-state index contributed by atoms with van der Waals surface area (Å²) in [5.41, 5.74) is -0.884.